The smallest absolute Gasteiger partial charge is 0.350 e. The first-order valence-corrected chi connectivity index (χ1v) is 8.43. The highest BCUT2D eigenvalue weighted by Crippen LogP contribution is 2.25. The Morgan fingerprint density at radius 1 is 1.38 bits per heavy atom. The van der Waals surface area contributed by atoms with Crippen molar-refractivity contribution in [1.29, 1.82) is 0 Å². The number of methoxy groups -OCH3 is 1. The quantitative estimate of drug-likeness (QED) is 0.446. The average Bonchev–Trinajstić information content (AvgIpc) is 3.01. The summed E-state index contributed by atoms with van der Waals surface area (Å²) in [7, 11) is 1.28. The number of ether oxygens (including phenoxy) is 2. The number of aromatic nitrogens is 1. The minimum Gasteiger partial charge on any atom is -0.484 e. The molecule has 138 valence electrons. The third-order valence-corrected chi connectivity index (χ3v) is 4.38. The largest absolute Gasteiger partial charge is 0.484 e. The fraction of sp³-hybridized carbons (Fsp3) is 0.312. The van der Waals surface area contributed by atoms with Crippen LogP contribution in [0.2, 0.25) is 0 Å². The van der Waals surface area contributed by atoms with E-state index in [1.165, 1.54) is 25.3 Å². The highest BCUT2D eigenvalue weighted by molar-refractivity contribution is 7.17. The average molecular weight is 379 g/mol. The second-order valence-electron chi connectivity index (χ2n) is 5.18. The molecule has 0 aliphatic carbocycles. The molecule has 2 aromatic rings. The number of nitro groups is 1. The maximum absolute atomic E-state index is 12.0. The van der Waals surface area contributed by atoms with Gasteiger partial charge in [-0.05, 0) is 25.5 Å². The number of benzene rings is 1. The van der Waals surface area contributed by atoms with Crippen molar-refractivity contribution in [3.05, 3.63) is 44.4 Å². The number of amides is 1. The summed E-state index contributed by atoms with van der Waals surface area (Å²) in [4.78, 5) is 38.5. The molecule has 0 saturated heterocycles. The van der Waals surface area contributed by atoms with Gasteiger partial charge in [0, 0.05) is 11.6 Å². The number of carbonyl (C=O) groups excluding carboxylic acids is 2. The number of esters is 1. The topological polar surface area (TPSA) is 121 Å². The standard InChI is InChI=1S/C16H17N3O6S/c1-4-11-14(15(21)24-3)26-16(17-11)18-13(20)8-25-10-5-6-12(19(22)23)9(2)7-10/h5-7H,4,8H2,1-3H3,(H,17,18,20). The number of hydrogen-bond donors (Lipinski definition) is 1. The molecule has 26 heavy (non-hydrogen) atoms. The molecule has 2 rings (SSSR count). The fourth-order valence-electron chi connectivity index (χ4n) is 2.12. The summed E-state index contributed by atoms with van der Waals surface area (Å²) in [6.45, 7) is 3.13. The summed E-state index contributed by atoms with van der Waals surface area (Å²) in [6, 6.07) is 4.23. The number of nitrogens with zero attached hydrogens (tertiary/aromatic N) is 2. The van der Waals surface area contributed by atoms with Gasteiger partial charge in [-0.3, -0.25) is 20.2 Å². The molecular weight excluding hydrogens is 362 g/mol. The molecule has 0 saturated carbocycles. The molecule has 10 heteroatoms. The summed E-state index contributed by atoms with van der Waals surface area (Å²) < 4.78 is 10.0. The SMILES string of the molecule is CCc1nc(NC(=O)COc2ccc([N+](=O)[O-])c(C)c2)sc1C(=O)OC. The van der Waals surface area contributed by atoms with Crippen LogP contribution in [0.4, 0.5) is 10.8 Å². The summed E-state index contributed by atoms with van der Waals surface area (Å²) in [5.74, 6) is -0.627. The van der Waals surface area contributed by atoms with Gasteiger partial charge in [0.1, 0.15) is 10.6 Å². The molecule has 9 nitrogen and oxygen atoms in total. The molecule has 0 aliphatic rings. The Morgan fingerprint density at radius 2 is 2.12 bits per heavy atom. The van der Waals surface area contributed by atoms with Crippen LogP contribution in [0, 0.1) is 17.0 Å². The van der Waals surface area contributed by atoms with E-state index in [2.05, 4.69) is 15.0 Å². The molecule has 0 spiro atoms. The Bertz CT molecular complexity index is 849. The van der Waals surface area contributed by atoms with Crippen LogP contribution in [0.25, 0.3) is 0 Å². The van der Waals surface area contributed by atoms with Gasteiger partial charge in [0.2, 0.25) is 0 Å². The van der Waals surface area contributed by atoms with Gasteiger partial charge < -0.3 is 9.47 Å². The van der Waals surface area contributed by atoms with Crippen LogP contribution in [0.15, 0.2) is 18.2 Å². The van der Waals surface area contributed by atoms with Gasteiger partial charge >= 0.3 is 5.97 Å². The molecule has 0 unspecified atom stereocenters. The van der Waals surface area contributed by atoms with Crippen LogP contribution >= 0.6 is 11.3 Å². The molecular formula is C16H17N3O6S. The normalized spacial score (nSPS) is 10.3. The fourth-order valence-corrected chi connectivity index (χ4v) is 3.11. The predicted octanol–water partition coefficient (Wildman–Crippen LogP) is 2.73. The Hall–Kier alpha value is -3.01. The Balaban J connectivity index is 1.99. The van der Waals surface area contributed by atoms with Crippen molar-refractivity contribution in [2.45, 2.75) is 20.3 Å². The maximum atomic E-state index is 12.0. The monoisotopic (exact) mass is 379 g/mol. The molecule has 1 aromatic carbocycles. The Kier molecular flexibility index (Phi) is 6.23. The highest BCUT2D eigenvalue weighted by Gasteiger charge is 2.19. The second kappa shape index (κ2) is 8.39. The van der Waals surface area contributed by atoms with Crippen LogP contribution in [-0.2, 0) is 16.0 Å². The minimum absolute atomic E-state index is 0.0213. The van der Waals surface area contributed by atoms with Crippen LogP contribution in [0.1, 0.15) is 27.9 Å². The molecule has 0 fully saturated rings. The lowest BCUT2D eigenvalue weighted by atomic mass is 10.2. The van der Waals surface area contributed by atoms with Crippen molar-refractivity contribution in [2.24, 2.45) is 0 Å². The van der Waals surface area contributed by atoms with Gasteiger partial charge in [-0.2, -0.15) is 0 Å². The summed E-state index contributed by atoms with van der Waals surface area (Å²) in [5.41, 5.74) is 0.958. The first kappa shape index (κ1) is 19.3. The lowest BCUT2D eigenvalue weighted by molar-refractivity contribution is -0.385. The number of carbonyl (C=O) groups is 2. The summed E-state index contributed by atoms with van der Waals surface area (Å²) in [5, 5.41) is 13.6. The van der Waals surface area contributed by atoms with Crippen molar-refractivity contribution in [3.63, 3.8) is 0 Å². The van der Waals surface area contributed by atoms with E-state index in [0.717, 1.165) is 11.3 Å². The predicted molar refractivity (Wildman–Crippen MR) is 94.8 cm³/mol. The van der Waals surface area contributed by atoms with Gasteiger partial charge in [0.05, 0.1) is 17.7 Å². The van der Waals surface area contributed by atoms with E-state index in [4.69, 9.17) is 4.74 Å². The number of nitrogens with one attached hydrogen (secondary N) is 1. The Morgan fingerprint density at radius 3 is 2.69 bits per heavy atom. The van der Waals surface area contributed by atoms with Gasteiger partial charge in [0.25, 0.3) is 11.6 Å². The number of hydrogen-bond acceptors (Lipinski definition) is 8. The van der Waals surface area contributed by atoms with Crippen molar-refractivity contribution < 1.29 is 24.0 Å². The molecule has 1 N–H and O–H groups in total. The first-order valence-electron chi connectivity index (χ1n) is 7.61. The Labute approximate surface area is 153 Å². The summed E-state index contributed by atoms with van der Waals surface area (Å²) in [6.07, 6.45) is 0.523. The molecule has 0 aliphatic heterocycles. The second-order valence-corrected chi connectivity index (χ2v) is 6.18. The van der Waals surface area contributed by atoms with Gasteiger partial charge in [-0.1, -0.05) is 18.3 Å². The maximum Gasteiger partial charge on any atom is 0.350 e. The van der Waals surface area contributed by atoms with E-state index in [0.29, 0.717) is 28.3 Å². The third-order valence-electron chi connectivity index (χ3n) is 3.38. The summed E-state index contributed by atoms with van der Waals surface area (Å²) >= 11 is 1.03. The molecule has 1 heterocycles. The lowest BCUT2D eigenvalue weighted by Gasteiger charge is -2.06. The van der Waals surface area contributed by atoms with E-state index >= 15 is 0 Å². The van der Waals surface area contributed by atoms with Crippen molar-refractivity contribution in [2.75, 3.05) is 19.0 Å². The molecule has 0 radical (unpaired) electrons. The number of nitro benzene ring substituents is 1. The van der Waals surface area contributed by atoms with Crippen LogP contribution < -0.4 is 10.1 Å². The zero-order chi connectivity index (χ0) is 19.3. The van der Waals surface area contributed by atoms with Crippen LogP contribution in [0.5, 0.6) is 5.75 Å². The van der Waals surface area contributed by atoms with E-state index < -0.39 is 16.8 Å². The minimum atomic E-state index is -0.502. The van der Waals surface area contributed by atoms with E-state index in [-0.39, 0.29) is 17.4 Å². The van der Waals surface area contributed by atoms with Crippen molar-refractivity contribution in [3.8, 4) is 5.75 Å². The number of rotatable bonds is 7. The van der Waals surface area contributed by atoms with Gasteiger partial charge in [0.15, 0.2) is 11.7 Å². The van der Waals surface area contributed by atoms with Crippen LogP contribution in [0.3, 0.4) is 0 Å². The molecule has 0 atom stereocenters. The van der Waals surface area contributed by atoms with Crippen molar-refractivity contribution in [1.82, 2.24) is 4.98 Å². The molecule has 0 bridgehead atoms. The number of thiazole rings is 1. The highest BCUT2D eigenvalue weighted by atomic mass is 32.1. The van der Waals surface area contributed by atoms with Gasteiger partial charge in [-0.25, -0.2) is 9.78 Å². The zero-order valence-electron chi connectivity index (χ0n) is 14.4. The van der Waals surface area contributed by atoms with Gasteiger partial charge in [-0.15, -0.1) is 0 Å². The van der Waals surface area contributed by atoms with Crippen LogP contribution in [-0.4, -0.2) is 35.5 Å². The van der Waals surface area contributed by atoms with Crippen molar-refractivity contribution >= 4 is 34.0 Å². The lowest BCUT2D eigenvalue weighted by Crippen LogP contribution is -2.20. The van der Waals surface area contributed by atoms with E-state index in [1.54, 1.807) is 6.92 Å². The molecule has 1 amide bonds. The molecule has 1 aromatic heterocycles. The third kappa shape index (κ3) is 4.54. The zero-order valence-corrected chi connectivity index (χ0v) is 15.2. The van der Waals surface area contributed by atoms with E-state index in [9.17, 15) is 19.7 Å². The van der Waals surface area contributed by atoms with E-state index in [1.807, 2.05) is 6.92 Å². The number of aryl methyl sites for hydroxylation is 2. The first-order chi connectivity index (χ1) is 12.3. The number of anilines is 1.